The molecule has 0 aliphatic rings. The van der Waals surface area contributed by atoms with Crippen molar-refractivity contribution in [3.8, 4) is 0 Å². The fourth-order valence-corrected chi connectivity index (χ4v) is 2.54. The fourth-order valence-electron chi connectivity index (χ4n) is 2.54. The first-order chi connectivity index (χ1) is 9.61. The lowest BCUT2D eigenvalue weighted by molar-refractivity contribution is 0.442. The molecule has 2 aromatic heterocycles. The lowest BCUT2D eigenvalue weighted by Crippen LogP contribution is -2.21. The Morgan fingerprint density at radius 1 is 1.15 bits per heavy atom. The van der Waals surface area contributed by atoms with E-state index in [9.17, 15) is 4.79 Å². The SMILES string of the molecule is CNC(c1ccn(CCn2ccccc2=O)c1)C(C)C. The van der Waals surface area contributed by atoms with Gasteiger partial charge in [-0.3, -0.25) is 4.79 Å². The Labute approximate surface area is 120 Å². The quantitative estimate of drug-likeness (QED) is 0.877. The van der Waals surface area contributed by atoms with Crippen LogP contribution in [0.2, 0.25) is 0 Å². The highest BCUT2D eigenvalue weighted by molar-refractivity contribution is 5.16. The molecular weight excluding hydrogens is 250 g/mol. The van der Waals surface area contributed by atoms with Gasteiger partial charge in [-0.1, -0.05) is 19.9 Å². The minimum atomic E-state index is 0.0511. The van der Waals surface area contributed by atoms with Crippen molar-refractivity contribution in [2.24, 2.45) is 5.92 Å². The first-order valence-electron chi connectivity index (χ1n) is 7.10. The fraction of sp³-hybridized carbons (Fsp3) is 0.438. The lowest BCUT2D eigenvalue weighted by atomic mass is 9.99. The Morgan fingerprint density at radius 2 is 1.95 bits per heavy atom. The summed E-state index contributed by atoms with van der Waals surface area (Å²) in [4.78, 5) is 11.6. The zero-order valence-electron chi connectivity index (χ0n) is 12.4. The van der Waals surface area contributed by atoms with E-state index in [0.29, 0.717) is 18.5 Å². The molecule has 2 aromatic rings. The summed E-state index contributed by atoms with van der Waals surface area (Å²) in [5, 5.41) is 3.35. The maximum atomic E-state index is 11.6. The first-order valence-corrected chi connectivity index (χ1v) is 7.10. The topological polar surface area (TPSA) is 39.0 Å². The smallest absolute Gasteiger partial charge is 0.250 e. The first kappa shape index (κ1) is 14.6. The molecule has 2 heterocycles. The van der Waals surface area contributed by atoms with E-state index >= 15 is 0 Å². The van der Waals surface area contributed by atoms with Crippen LogP contribution in [0.5, 0.6) is 0 Å². The van der Waals surface area contributed by atoms with Gasteiger partial charge in [0.2, 0.25) is 0 Å². The van der Waals surface area contributed by atoms with Gasteiger partial charge in [0.25, 0.3) is 5.56 Å². The Balaban J connectivity index is 2.03. The van der Waals surface area contributed by atoms with Crippen LogP contribution in [0.25, 0.3) is 0 Å². The predicted octanol–water partition coefficient (Wildman–Crippen LogP) is 2.27. The van der Waals surface area contributed by atoms with Gasteiger partial charge in [-0.25, -0.2) is 0 Å². The minimum absolute atomic E-state index is 0.0511. The number of aromatic nitrogens is 2. The van der Waals surface area contributed by atoms with Gasteiger partial charge in [0.1, 0.15) is 0 Å². The second kappa shape index (κ2) is 6.57. The summed E-state index contributed by atoms with van der Waals surface area (Å²) in [7, 11) is 1.99. The Hall–Kier alpha value is -1.81. The van der Waals surface area contributed by atoms with Crippen LogP contribution in [-0.2, 0) is 13.1 Å². The van der Waals surface area contributed by atoms with Crippen LogP contribution in [0.1, 0.15) is 25.5 Å². The molecule has 0 saturated heterocycles. The van der Waals surface area contributed by atoms with E-state index in [1.165, 1.54) is 5.56 Å². The molecule has 1 unspecified atom stereocenters. The number of hydrogen-bond donors (Lipinski definition) is 1. The summed E-state index contributed by atoms with van der Waals surface area (Å²) >= 11 is 0. The molecule has 0 spiro atoms. The zero-order chi connectivity index (χ0) is 14.5. The molecule has 0 bridgehead atoms. The molecule has 0 fully saturated rings. The van der Waals surface area contributed by atoms with Gasteiger partial charge in [-0.05, 0) is 30.7 Å². The second-order valence-electron chi connectivity index (χ2n) is 5.43. The van der Waals surface area contributed by atoms with Gasteiger partial charge >= 0.3 is 0 Å². The maximum Gasteiger partial charge on any atom is 0.250 e. The van der Waals surface area contributed by atoms with Crippen LogP contribution in [0.4, 0.5) is 0 Å². The number of nitrogens with zero attached hydrogens (tertiary/aromatic N) is 2. The number of aryl methyl sites for hydroxylation is 2. The Bertz CT molecular complexity index is 598. The molecule has 0 aliphatic heterocycles. The average Bonchev–Trinajstić information content (AvgIpc) is 2.87. The van der Waals surface area contributed by atoms with Crippen molar-refractivity contribution in [3.63, 3.8) is 0 Å². The van der Waals surface area contributed by atoms with Crippen LogP contribution in [0.3, 0.4) is 0 Å². The van der Waals surface area contributed by atoms with Crippen molar-refractivity contribution < 1.29 is 0 Å². The van der Waals surface area contributed by atoms with E-state index < -0.39 is 0 Å². The molecule has 108 valence electrons. The highest BCUT2D eigenvalue weighted by atomic mass is 16.1. The normalized spacial score (nSPS) is 12.8. The van der Waals surface area contributed by atoms with E-state index in [1.54, 1.807) is 16.7 Å². The highest BCUT2D eigenvalue weighted by Gasteiger charge is 2.14. The summed E-state index contributed by atoms with van der Waals surface area (Å²) < 4.78 is 3.87. The molecule has 4 nitrogen and oxygen atoms in total. The van der Waals surface area contributed by atoms with Gasteiger partial charge in [0, 0.05) is 43.8 Å². The molecule has 20 heavy (non-hydrogen) atoms. The third-order valence-corrected chi connectivity index (χ3v) is 3.61. The third-order valence-electron chi connectivity index (χ3n) is 3.61. The van der Waals surface area contributed by atoms with Gasteiger partial charge < -0.3 is 14.5 Å². The van der Waals surface area contributed by atoms with Crippen molar-refractivity contribution in [2.45, 2.75) is 33.0 Å². The highest BCUT2D eigenvalue weighted by Crippen LogP contribution is 2.21. The maximum absolute atomic E-state index is 11.6. The van der Waals surface area contributed by atoms with Crippen LogP contribution in [-0.4, -0.2) is 16.2 Å². The van der Waals surface area contributed by atoms with Gasteiger partial charge in [-0.2, -0.15) is 0 Å². The molecule has 0 aliphatic carbocycles. The summed E-state index contributed by atoms with van der Waals surface area (Å²) in [5.74, 6) is 0.549. The number of nitrogens with one attached hydrogen (secondary N) is 1. The molecule has 2 rings (SSSR count). The molecule has 0 amide bonds. The monoisotopic (exact) mass is 273 g/mol. The van der Waals surface area contributed by atoms with E-state index in [1.807, 2.05) is 19.3 Å². The molecule has 0 saturated carbocycles. The summed E-state index contributed by atoms with van der Waals surface area (Å²) in [5.41, 5.74) is 1.35. The summed E-state index contributed by atoms with van der Waals surface area (Å²) in [6.45, 7) is 5.92. The number of rotatable bonds is 6. The third kappa shape index (κ3) is 3.39. The largest absolute Gasteiger partial charge is 0.352 e. The van der Waals surface area contributed by atoms with Crippen molar-refractivity contribution in [1.29, 1.82) is 0 Å². The number of pyridine rings is 1. The van der Waals surface area contributed by atoms with E-state index in [-0.39, 0.29) is 5.56 Å². The van der Waals surface area contributed by atoms with Gasteiger partial charge in [0.05, 0.1) is 0 Å². The van der Waals surface area contributed by atoms with Crippen LogP contribution >= 0.6 is 0 Å². The van der Waals surface area contributed by atoms with Crippen molar-refractivity contribution in [1.82, 2.24) is 14.5 Å². The van der Waals surface area contributed by atoms with Crippen LogP contribution < -0.4 is 10.9 Å². The van der Waals surface area contributed by atoms with Crippen molar-refractivity contribution >= 4 is 0 Å². The Morgan fingerprint density at radius 3 is 2.60 bits per heavy atom. The zero-order valence-corrected chi connectivity index (χ0v) is 12.4. The van der Waals surface area contributed by atoms with Crippen LogP contribution in [0, 0.1) is 5.92 Å². The molecule has 4 heteroatoms. The molecule has 0 radical (unpaired) electrons. The van der Waals surface area contributed by atoms with Gasteiger partial charge in [-0.15, -0.1) is 0 Å². The number of hydrogen-bond acceptors (Lipinski definition) is 2. The Kier molecular flexibility index (Phi) is 4.79. The minimum Gasteiger partial charge on any atom is -0.352 e. The van der Waals surface area contributed by atoms with Gasteiger partial charge in [0.15, 0.2) is 0 Å². The predicted molar refractivity (Wildman–Crippen MR) is 81.8 cm³/mol. The van der Waals surface area contributed by atoms with E-state index in [4.69, 9.17) is 0 Å². The lowest BCUT2D eigenvalue weighted by Gasteiger charge is -2.18. The summed E-state index contributed by atoms with van der Waals surface area (Å²) in [6, 6.07) is 7.77. The van der Waals surface area contributed by atoms with Crippen molar-refractivity contribution in [3.05, 3.63) is 58.8 Å². The van der Waals surface area contributed by atoms with Crippen LogP contribution in [0.15, 0.2) is 47.7 Å². The molecule has 1 atom stereocenters. The standard InChI is InChI=1S/C16H23N3O/c1-13(2)16(17-3)14-7-9-18(12-14)10-11-19-8-5-4-6-15(19)20/h4-9,12-13,16-17H,10-11H2,1-3H3. The second-order valence-corrected chi connectivity index (χ2v) is 5.43. The average molecular weight is 273 g/mol. The van der Waals surface area contributed by atoms with E-state index in [0.717, 1.165) is 6.54 Å². The van der Waals surface area contributed by atoms with Crippen molar-refractivity contribution in [2.75, 3.05) is 7.05 Å². The molecular formula is C16H23N3O. The van der Waals surface area contributed by atoms with E-state index in [2.05, 4.69) is 42.2 Å². The summed E-state index contributed by atoms with van der Waals surface area (Å²) in [6.07, 6.45) is 6.07. The molecule has 0 aromatic carbocycles. The molecule has 1 N–H and O–H groups in total.